The van der Waals surface area contributed by atoms with Crippen LogP contribution in [0.5, 0.6) is 0 Å². The van der Waals surface area contributed by atoms with Crippen molar-refractivity contribution in [2.75, 3.05) is 0 Å². The van der Waals surface area contributed by atoms with E-state index < -0.39 is 0 Å². The van der Waals surface area contributed by atoms with E-state index in [0.29, 0.717) is 38.1 Å². The fourth-order valence-electron chi connectivity index (χ4n) is 4.02. The number of aromatic nitrogens is 1. The van der Waals surface area contributed by atoms with E-state index in [9.17, 15) is 9.59 Å². The van der Waals surface area contributed by atoms with Crippen LogP contribution >= 0.6 is 27.5 Å². The molecule has 0 radical (unpaired) electrons. The van der Waals surface area contributed by atoms with Gasteiger partial charge in [0.2, 0.25) is 0 Å². The van der Waals surface area contributed by atoms with E-state index in [0.717, 1.165) is 12.0 Å². The molecule has 0 saturated carbocycles. The van der Waals surface area contributed by atoms with Gasteiger partial charge in [0.05, 0.1) is 27.7 Å². The second-order valence-corrected chi connectivity index (χ2v) is 8.41. The number of halogens is 2. The minimum absolute atomic E-state index is 0.154. The number of fused-ring (bicyclic) bond motifs is 1. The SMILES string of the molecule is CC[C@H](NC(=O)c1c(CBr)n(-c2ccccc2)c(=O)c2c(Cl)cccc12)c1ccccc1. The molecule has 1 N–H and O–H groups in total. The van der Waals surface area contributed by atoms with Crippen molar-refractivity contribution >= 4 is 44.2 Å². The average Bonchev–Trinajstić information content (AvgIpc) is 2.83. The van der Waals surface area contributed by atoms with Gasteiger partial charge < -0.3 is 5.32 Å². The number of para-hydroxylation sites is 1. The molecule has 1 amide bonds. The summed E-state index contributed by atoms with van der Waals surface area (Å²) in [5.41, 5.74) is 2.48. The quantitative estimate of drug-likeness (QED) is 0.305. The lowest BCUT2D eigenvalue weighted by atomic mass is 10.0. The number of carbonyl (C=O) groups excluding carboxylic acids is 1. The maximum absolute atomic E-state index is 13.7. The Kier molecular flexibility index (Phi) is 6.77. The molecule has 4 aromatic rings. The van der Waals surface area contributed by atoms with Crippen molar-refractivity contribution in [3.63, 3.8) is 0 Å². The Bertz CT molecular complexity index is 1320. The summed E-state index contributed by atoms with van der Waals surface area (Å²) in [5.74, 6) is -0.243. The van der Waals surface area contributed by atoms with Gasteiger partial charge in [-0.3, -0.25) is 14.2 Å². The van der Waals surface area contributed by atoms with Crippen molar-refractivity contribution in [1.29, 1.82) is 0 Å². The number of benzene rings is 3. The highest BCUT2D eigenvalue weighted by Crippen LogP contribution is 2.29. The minimum Gasteiger partial charge on any atom is -0.345 e. The summed E-state index contributed by atoms with van der Waals surface area (Å²) in [6.45, 7) is 2.03. The van der Waals surface area contributed by atoms with Crippen molar-refractivity contribution in [1.82, 2.24) is 9.88 Å². The summed E-state index contributed by atoms with van der Waals surface area (Å²) >= 11 is 9.98. The van der Waals surface area contributed by atoms with E-state index in [1.165, 1.54) is 0 Å². The third-order valence-corrected chi connectivity index (χ3v) is 6.39. The van der Waals surface area contributed by atoms with Gasteiger partial charge in [-0.15, -0.1) is 0 Å². The topological polar surface area (TPSA) is 51.1 Å². The van der Waals surface area contributed by atoms with Crippen LogP contribution in [0.4, 0.5) is 0 Å². The molecule has 162 valence electrons. The molecule has 3 aromatic carbocycles. The molecule has 0 saturated heterocycles. The molecule has 0 bridgehead atoms. The van der Waals surface area contributed by atoms with E-state index >= 15 is 0 Å². The first-order chi connectivity index (χ1) is 15.6. The monoisotopic (exact) mass is 508 g/mol. The first-order valence-electron chi connectivity index (χ1n) is 10.4. The molecule has 6 heteroatoms. The van der Waals surface area contributed by atoms with Crippen LogP contribution in [0.1, 0.15) is 41.0 Å². The fourth-order valence-corrected chi connectivity index (χ4v) is 4.80. The number of carbonyl (C=O) groups is 1. The molecular weight excluding hydrogens is 488 g/mol. The highest BCUT2D eigenvalue weighted by Gasteiger charge is 2.25. The van der Waals surface area contributed by atoms with E-state index in [2.05, 4.69) is 21.2 Å². The van der Waals surface area contributed by atoms with Gasteiger partial charge in [0, 0.05) is 16.4 Å². The number of hydrogen-bond donors (Lipinski definition) is 1. The number of nitrogens with one attached hydrogen (secondary N) is 1. The second kappa shape index (κ2) is 9.72. The number of nitrogens with zero attached hydrogens (tertiary/aromatic N) is 1. The summed E-state index contributed by atoms with van der Waals surface area (Å²) in [7, 11) is 0. The van der Waals surface area contributed by atoms with Crippen LogP contribution in [0.2, 0.25) is 5.02 Å². The molecule has 1 aromatic heterocycles. The van der Waals surface area contributed by atoms with Crippen molar-refractivity contribution in [2.24, 2.45) is 0 Å². The molecular formula is C26H22BrClN2O2. The average molecular weight is 510 g/mol. The molecule has 0 aliphatic carbocycles. The van der Waals surface area contributed by atoms with E-state index in [4.69, 9.17) is 11.6 Å². The highest BCUT2D eigenvalue weighted by molar-refractivity contribution is 9.08. The van der Waals surface area contributed by atoms with Gasteiger partial charge in [-0.25, -0.2) is 0 Å². The Balaban J connectivity index is 1.96. The predicted molar refractivity (Wildman–Crippen MR) is 134 cm³/mol. The summed E-state index contributed by atoms with van der Waals surface area (Å²) in [4.78, 5) is 27.2. The molecule has 0 fully saturated rings. The van der Waals surface area contributed by atoms with Crippen molar-refractivity contribution < 1.29 is 4.79 Å². The molecule has 0 spiro atoms. The Morgan fingerprint density at radius 1 is 1.00 bits per heavy atom. The zero-order valence-corrected chi connectivity index (χ0v) is 19.9. The van der Waals surface area contributed by atoms with Crippen LogP contribution in [0, 0.1) is 0 Å². The molecule has 4 nitrogen and oxygen atoms in total. The lowest BCUT2D eigenvalue weighted by molar-refractivity contribution is 0.0936. The lowest BCUT2D eigenvalue weighted by Crippen LogP contribution is -2.32. The van der Waals surface area contributed by atoms with Crippen LogP contribution in [-0.4, -0.2) is 10.5 Å². The van der Waals surface area contributed by atoms with Crippen LogP contribution in [0.25, 0.3) is 16.5 Å². The summed E-state index contributed by atoms with van der Waals surface area (Å²) < 4.78 is 1.57. The molecule has 1 heterocycles. The number of alkyl halides is 1. The standard InChI is InChI=1S/C26H22BrClN2O2/c1-2-21(17-10-5-3-6-11-17)29-25(31)24-19-14-9-15-20(28)23(19)26(32)30(22(24)16-27)18-12-7-4-8-13-18/h3-15,21H,2,16H2,1H3,(H,29,31)/t21-/m0/s1. The number of hydrogen-bond acceptors (Lipinski definition) is 2. The van der Waals surface area contributed by atoms with Crippen molar-refractivity contribution in [3.8, 4) is 5.69 Å². The van der Waals surface area contributed by atoms with Gasteiger partial charge in [0.15, 0.2) is 0 Å². The maximum atomic E-state index is 13.7. The van der Waals surface area contributed by atoms with Crippen LogP contribution in [0.3, 0.4) is 0 Å². The van der Waals surface area contributed by atoms with Crippen LogP contribution < -0.4 is 10.9 Å². The summed E-state index contributed by atoms with van der Waals surface area (Å²) in [5, 5.41) is 4.69. The molecule has 0 aliphatic heterocycles. The Morgan fingerprint density at radius 3 is 2.28 bits per heavy atom. The van der Waals surface area contributed by atoms with E-state index in [1.54, 1.807) is 22.8 Å². The van der Waals surface area contributed by atoms with Crippen molar-refractivity contribution in [3.05, 3.63) is 111 Å². The smallest absolute Gasteiger partial charge is 0.264 e. The Morgan fingerprint density at radius 2 is 1.66 bits per heavy atom. The lowest BCUT2D eigenvalue weighted by Gasteiger charge is -2.22. The maximum Gasteiger partial charge on any atom is 0.264 e. The molecule has 1 atom stereocenters. The zero-order chi connectivity index (χ0) is 22.7. The van der Waals surface area contributed by atoms with Crippen LogP contribution in [-0.2, 0) is 5.33 Å². The zero-order valence-electron chi connectivity index (χ0n) is 17.5. The second-order valence-electron chi connectivity index (χ2n) is 7.44. The van der Waals surface area contributed by atoms with Crippen LogP contribution in [0.15, 0.2) is 83.7 Å². The Labute approximate surface area is 200 Å². The largest absolute Gasteiger partial charge is 0.345 e. The molecule has 32 heavy (non-hydrogen) atoms. The number of amides is 1. The first-order valence-corrected chi connectivity index (χ1v) is 11.9. The third-order valence-electron chi connectivity index (χ3n) is 5.54. The van der Waals surface area contributed by atoms with Gasteiger partial charge in [-0.2, -0.15) is 0 Å². The van der Waals surface area contributed by atoms with Gasteiger partial charge in [-0.1, -0.05) is 95.1 Å². The van der Waals surface area contributed by atoms with Gasteiger partial charge in [0.25, 0.3) is 11.5 Å². The Hall–Kier alpha value is -2.89. The number of rotatable bonds is 6. The molecule has 0 unspecified atom stereocenters. The number of pyridine rings is 1. The normalized spacial score (nSPS) is 12.0. The van der Waals surface area contributed by atoms with Gasteiger partial charge >= 0.3 is 0 Å². The van der Waals surface area contributed by atoms with Crippen molar-refractivity contribution in [2.45, 2.75) is 24.7 Å². The minimum atomic E-state index is -0.252. The van der Waals surface area contributed by atoms with Gasteiger partial charge in [0.1, 0.15) is 0 Å². The molecule has 4 rings (SSSR count). The van der Waals surface area contributed by atoms with Gasteiger partial charge in [-0.05, 0) is 30.2 Å². The third kappa shape index (κ3) is 4.10. The highest BCUT2D eigenvalue weighted by atomic mass is 79.9. The predicted octanol–water partition coefficient (Wildman–Crippen LogP) is 6.42. The van der Waals surface area contributed by atoms with E-state index in [1.807, 2.05) is 67.6 Å². The molecule has 0 aliphatic rings. The summed E-state index contributed by atoms with van der Waals surface area (Å²) in [6, 6.07) is 24.2. The first kappa shape index (κ1) is 22.3. The van der Waals surface area contributed by atoms with E-state index in [-0.39, 0.29) is 17.5 Å². The fraction of sp³-hybridized carbons (Fsp3) is 0.154. The summed E-state index contributed by atoms with van der Waals surface area (Å²) in [6.07, 6.45) is 0.733.